The average Bonchev–Trinajstić information content (AvgIpc) is 3.13. The first-order valence-corrected chi connectivity index (χ1v) is 11.6. The van der Waals surface area contributed by atoms with E-state index in [1.807, 2.05) is 6.07 Å². The van der Waals surface area contributed by atoms with Crippen LogP contribution in [0.5, 0.6) is 5.75 Å². The van der Waals surface area contributed by atoms with Crippen molar-refractivity contribution in [3.05, 3.63) is 95.1 Å². The molecule has 3 aromatic carbocycles. The van der Waals surface area contributed by atoms with Gasteiger partial charge in [0, 0.05) is 16.9 Å². The topological polar surface area (TPSA) is 105 Å². The summed E-state index contributed by atoms with van der Waals surface area (Å²) in [5, 5.41) is 4.64. The maximum atomic E-state index is 13.0. The normalized spacial score (nSPS) is 14.1. The lowest BCUT2D eigenvalue weighted by atomic mass is 10.2. The molecule has 1 fully saturated rings. The Labute approximate surface area is 210 Å². The molecule has 1 heterocycles. The van der Waals surface area contributed by atoms with Crippen LogP contribution in [0.2, 0.25) is 0 Å². The second-order valence-corrected chi connectivity index (χ2v) is 8.56. The van der Waals surface area contributed by atoms with E-state index < -0.39 is 29.4 Å². The van der Waals surface area contributed by atoms with Gasteiger partial charge in [0.05, 0.1) is 4.91 Å². The van der Waals surface area contributed by atoms with Gasteiger partial charge in [-0.3, -0.25) is 24.1 Å². The molecule has 0 radical (unpaired) electrons. The summed E-state index contributed by atoms with van der Waals surface area (Å²) >= 11 is 0.696. The first kappa shape index (κ1) is 24.7. The van der Waals surface area contributed by atoms with Gasteiger partial charge in [0.2, 0.25) is 5.91 Å². The summed E-state index contributed by atoms with van der Waals surface area (Å²) in [6.45, 7) is -0.748. The molecule has 3 aromatic rings. The molecule has 8 nitrogen and oxygen atoms in total. The summed E-state index contributed by atoms with van der Waals surface area (Å²) in [5.41, 5.74) is 1.47. The molecule has 0 saturated carbocycles. The molecule has 182 valence electrons. The van der Waals surface area contributed by atoms with E-state index >= 15 is 0 Å². The molecule has 36 heavy (non-hydrogen) atoms. The van der Waals surface area contributed by atoms with Crippen molar-refractivity contribution in [1.29, 1.82) is 0 Å². The monoisotopic (exact) mass is 505 g/mol. The van der Waals surface area contributed by atoms with E-state index in [-0.39, 0.29) is 17.4 Å². The van der Waals surface area contributed by atoms with E-state index in [0.29, 0.717) is 34.4 Å². The summed E-state index contributed by atoms with van der Waals surface area (Å²) in [6.07, 6.45) is 1.48. The highest BCUT2D eigenvalue weighted by Gasteiger charge is 2.36. The maximum absolute atomic E-state index is 13.0. The third kappa shape index (κ3) is 6.36. The molecular formula is C26H20FN3O5S. The number of halogens is 1. The van der Waals surface area contributed by atoms with Gasteiger partial charge in [-0.1, -0.05) is 36.4 Å². The number of para-hydroxylation sites is 2. The van der Waals surface area contributed by atoms with E-state index in [1.54, 1.807) is 48.5 Å². The number of benzene rings is 3. The third-order valence-corrected chi connectivity index (χ3v) is 5.83. The van der Waals surface area contributed by atoms with Gasteiger partial charge in [-0.15, -0.1) is 0 Å². The Morgan fingerprint density at radius 3 is 2.25 bits per heavy atom. The van der Waals surface area contributed by atoms with Crippen LogP contribution < -0.4 is 15.4 Å². The Bertz CT molecular complexity index is 1330. The summed E-state index contributed by atoms with van der Waals surface area (Å²) in [6, 6.07) is 20.8. The second-order valence-electron chi connectivity index (χ2n) is 7.56. The number of carbonyl (C=O) groups excluding carboxylic acids is 4. The molecule has 10 heteroatoms. The maximum Gasteiger partial charge on any atom is 0.294 e. The Morgan fingerprint density at radius 2 is 1.50 bits per heavy atom. The number of anilines is 2. The Balaban J connectivity index is 1.39. The predicted molar refractivity (Wildman–Crippen MR) is 135 cm³/mol. The number of imide groups is 1. The Kier molecular flexibility index (Phi) is 7.76. The molecule has 0 bridgehead atoms. The van der Waals surface area contributed by atoms with E-state index in [9.17, 15) is 23.6 Å². The quantitative estimate of drug-likeness (QED) is 0.436. The highest BCUT2D eigenvalue weighted by Crippen LogP contribution is 2.34. The van der Waals surface area contributed by atoms with Crippen molar-refractivity contribution >= 4 is 52.2 Å². The fourth-order valence-electron chi connectivity index (χ4n) is 3.25. The standard InChI is InChI=1S/C26H20FN3O5S/c27-18-10-12-20(13-11-18)28-23(31)15-30-25(33)22(36-26(30)34)14-17-6-4-5-9-21(17)35-16-24(32)29-19-7-2-1-3-8-19/h1-14H,15-16H2,(H,28,31)(H,29,32)/b22-14+. The molecule has 4 rings (SSSR count). The smallest absolute Gasteiger partial charge is 0.294 e. The van der Waals surface area contributed by atoms with Crippen molar-refractivity contribution in [2.24, 2.45) is 0 Å². The number of nitrogens with one attached hydrogen (secondary N) is 2. The number of nitrogens with zero attached hydrogens (tertiary/aromatic N) is 1. The zero-order valence-corrected chi connectivity index (χ0v) is 19.6. The van der Waals surface area contributed by atoms with E-state index in [4.69, 9.17) is 4.74 Å². The van der Waals surface area contributed by atoms with Crippen LogP contribution in [0.25, 0.3) is 6.08 Å². The van der Waals surface area contributed by atoms with Gasteiger partial charge in [0.25, 0.3) is 17.1 Å². The lowest BCUT2D eigenvalue weighted by Crippen LogP contribution is -2.36. The predicted octanol–water partition coefficient (Wildman–Crippen LogP) is 4.52. The lowest BCUT2D eigenvalue weighted by Gasteiger charge is -2.12. The number of thioether (sulfide) groups is 1. The molecule has 0 aliphatic carbocycles. The van der Waals surface area contributed by atoms with Crippen LogP contribution in [0.15, 0.2) is 83.8 Å². The van der Waals surface area contributed by atoms with Gasteiger partial charge in [-0.25, -0.2) is 4.39 Å². The van der Waals surface area contributed by atoms with Crippen molar-refractivity contribution < 1.29 is 28.3 Å². The van der Waals surface area contributed by atoms with Crippen molar-refractivity contribution in [3.8, 4) is 5.75 Å². The van der Waals surface area contributed by atoms with E-state index in [2.05, 4.69) is 10.6 Å². The first-order valence-electron chi connectivity index (χ1n) is 10.8. The molecule has 4 amide bonds. The van der Waals surface area contributed by atoms with Crippen LogP contribution in [0, 0.1) is 5.82 Å². The number of ether oxygens (including phenoxy) is 1. The van der Waals surface area contributed by atoms with Crippen LogP contribution in [0.1, 0.15) is 5.56 Å². The molecule has 0 atom stereocenters. The van der Waals surface area contributed by atoms with Crippen LogP contribution in [0.4, 0.5) is 20.6 Å². The number of carbonyl (C=O) groups is 4. The molecule has 1 aliphatic rings. The molecule has 0 aromatic heterocycles. The van der Waals surface area contributed by atoms with Gasteiger partial charge >= 0.3 is 0 Å². The minimum absolute atomic E-state index is 0.111. The van der Waals surface area contributed by atoms with Crippen LogP contribution in [0.3, 0.4) is 0 Å². The second kappa shape index (κ2) is 11.3. The SMILES string of the molecule is O=C(COc1ccccc1/C=C1/SC(=O)N(CC(=O)Nc2ccc(F)cc2)C1=O)Nc1ccccc1. The minimum Gasteiger partial charge on any atom is -0.483 e. The van der Waals surface area contributed by atoms with Gasteiger partial charge < -0.3 is 15.4 Å². The largest absolute Gasteiger partial charge is 0.483 e. The molecule has 0 spiro atoms. The van der Waals surface area contributed by atoms with Crippen LogP contribution in [-0.2, 0) is 14.4 Å². The van der Waals surface area contributed by atoms with Crippen molar-refractivity contribution in [2.45, 2.75) is 0 Å². The number of hydrogen-bond acceptors (Lipinski definition) is 6. The highest BCUT2D eigenvalue weighted by atomic mass is 32.2. The molecule has 1 saturated heterocycles. The molecule has 1 aliphatic heterocycles. The zero-order valence-electron chi connectivity index (χ0n) is 18.8. The number of hydrogen-bond donors (Lipinski definition) is 2. The molecule has 0 unspecified atom stereocenters. The summed E-state index contributed by atoms with van der Waals surface area (Å²) in [7, 11) is 0. The van der Waals surface area contributed by atoms with Crippen LogP contribution in [-0.4, -0.2) is 41.0 Å². The minimum atomic E-state index is -0.629. The van der Waals surface area contributed by atoms with Gasteiger partial charge in [-0.2, -0.15) is 0 Å². The van der Waals surface area contributed by atoms with Crippen LogP contribution >= 0.6 is 11.8 Å². The summed E-state index contributed by atoms with van der Waals surface area (Å²) in [4.78, 5) is 50.7. The molecular weight excluding hydrogens is 485 g/mol. The van der Waals surface area contributed by atoms with E-state index in [1.165, 1.54) is 30.3 Å². The first-order chi connectivity index (χ1) is 17.4. The number of rotatable bonds is 8. The van der Waals surface area contributed by atoms with Gasteiger partial charge in [0.1, 0.15) is 18.1 Å². The van der Waals surface area contributed by atoms with Gasteiger partial charge in [-0.05, 0) is 60.3 Å². The van der Waals surface area contributed by atoms with Gasteiger partial charge in [0.15, 0.2) is 6.61 Å². The lowest BCUT2D eigenvalue weighted by molar-refractivity contribution is -0.127. The van der Waals surface area contributed by atoms with E-state index in [0.717, 1.165) is 4.90 Å². The highest BCUT2D eigenvalue weighted by molar-refractivity contribution is 8.18. The molecule has 2 N–H and O–H groups in total. The van der Waals surface area contributed by atoms with Crippen molar-refractivity contribution in [1.82, 2.24) is 4.90 Å². The summed E-state index contributed by atoms with van der Waals surface area (Å²) in [5.74, 6) is -1.69. The fourth-order valence-corrected chi connectivity index (χ4v) is 4.08. The van der Waals surface area contributed by atoms with Crippen molar-refractivity contribution in [3.63, 3.8) is 0 Å². The third-order valence-electron chi connectivity index (χ3n) is 4.93. The average molecular weight is 506 g/mol. The number of amides is 4. The Hall–Kier alpha value is -4.44. The van der Waals surface area contributed by atoms with Crippen molar-refractivity contribution in [2.75, 3.05) is 23.8 Å². The summed E-state index contributed by atoms with van der Waals surface area (Å²) < 4.78 is 18.7. The zero-order chi connectivity index (χ0) is 25.5. The Morgan fingerprint density at radius 1 is 0.861 bits per heavy atom. The fraction of sp³-hybridized carbons (Fsp3) is 0.0769.